The lowest BCUT2D eigenvalue weighted by Gasteiger charge is -1.61. The highest BCUT2D eigenvalue weighted by molar-refractivity contribution is 5.49. The van der Waals surface area contributed by atoms with Gasteiger partial charge < -0.3 is 14.6 Å². The van der Waals surface area contributed by atoms with Crippen molar-refractivity contribution in [2.45, 2.75) is 0 Å². The number of aliphatic hydroxyl groups excluding tert-OH is 1. The predicted molar refractivity (Wildman–Crippen MR) is 26.1 cm³/mol. The molecule has 0 saturated carbocycles. The summed E-state index contributed by atoms with van der Waals surface area (Å²) in [5, 5.41) is 7.51. The Balaban J connectivity index is 0. The topological polar surface area (TPSA) is 46.5 Å². The van der Waals surface area contributed by atoms with Crippen molar-refractivity contribution in [2.75, 3.05) is 20.8 Å². The Labute approximate surface area is 42.9 Å². The fourth-order valence-corrected chi connectivity index (χ4v) is 0. The molecular weight excluding hydrogens is 96.0 g/mol. The van der Waals surface area contributed by atoms with Gasteiger partial charge in [0.15, 0.2) is 0 Å². The second-order valence-electron chi connectivity index (χ2n) is 0.757. The van der Waals surface area contributed by atoms with Gasteiger partial charge >= 0.3 is 0 Å². The molecule has 0 aromatic carbocycles. The van der Waals surface area contributed by atoms with Crippen molar-refractivity contribution in [2.24, 2.45) is 0 Å². The van der Waals surface area contributed by atoms with E-state index in [2.05, 4.69) is 4.74 Å². The third-order valence-corrected chi connectivity index (χ3v) is 0.0745. The van der Waals surface area contributed by atoms with Crippen molar-refractivity contribution in [3.8, 4) is 0 Å². The Hall–Kier alpha value is -0.410. The van der Waals surface area contributed by atoms with E-state index >= 15 is 0 Å². The van der Waals surface area contributed by atoms with Gasteiger partial charge in [-0.2, -0.15) is 0 Å². The second-order valence-corrected chi connectivity index (χ2v) is 0.757. The first-order valence-electron chi connectivity index (χ1n) is 1.78. The van der Waals surface area contributed by atoms with Crippen LogP contribution in [-0.2, 0) is 9.53 Å². The van der Waals surface area contributed by atoms with Gasteiger partial charge in [-0.1, -0.05) is 0 Å². The summed E-state index contributed by atoms with van der Waals surface area (Å²) in [6.07, 6.45) is 0.431. The van der Waals surface area contributed by atoms with E-state index in [1.54, 1.807) is 14.2 Å². The Morgan fingerprint density at radius 2 is 1.86 bits per heavy atom. The maximum atomic E-state index is 8.92. The molecule has 0 aliphatic rings. The molecule has 0 radical (unpaired) electrons. The Morgan fingerprint density at radius 1 is 1.71 bits per heavy atom. The average Bonchev–Trinajstić information content (AvgIpc) is 1.69. The Morgan fingerprint density at radius 3 is 1.86 bits per heavy atom. The molecule has 3 nitrogen and oxygen atoms in total. The van der Waals surface area contributed by atoms with Crippen LogP contribution in [0, 0.1) is 0 Å². The number of methoxy groups -OCH3 is 1. The highest BCUT2D eigenvalue weighted by Crippen LogP contribution is 1.28. The zero-order valence-electron chi connectivity index (χ0n) is 4.55. The molecule has 1 N–H and O–H groups in total. The molecule has 0 aromatic heterocycles. The normalized spacial score (nSPS) is 6.14. The summed E-state index contributed by atoms with van der Waals surface area (Å²) < 4.78 is 4.25. The van der Waals surface area contributed by atoms with Gasteiger partial charge in [0, 0.05) is 14.2 Å². The SMILES string of the molecule is COC.O=CCO. The van der Waals surface area contributed by atoms with Gasteiger partial charge in [0.1, 0.15) is 6.29 Å². The van der Waals surface area contributed by atoms with Crippen LogP contribution in [0.4, 0.5) is 0 Å². The van der Waals surface area contributed by atoms with Crippen LogP contribution < -0.4 is 0 Å². The molecule has 0 amide bonds. The average molecular weight is 106 g/mol. The van der Waals surface area contributed by atoms with Crippen LogP contribution in [0.5, 0.6) is 0 Å². The summed E-state index contributed by atoms with van der Waals surface area (Å²) in [6, 6.07) is 0. The van der Waals surface area contributed by atoms with E-state index < -0.39 is 0 Å². The minimum atomic E-state index is -0.361. The first-order chi connectivity index (χ1) is 3.33. The summed E-state index contributed by atoms with van der Waals surface area (Å²) in [6.45, 7) is -0.361. The molecule has 3 heteroatoms. The van der Waals surface area contributed by atoms with Gasteiger partial charge in [-0.25, -0.2) is 0 Å². The molecule has 0 aromatic rings. The third kappa shape index (κ3) is 207. The van der Waals surface area contributed by atoms with Crippen LogP contribution in [0.25, 0.3) is 0 Å². The number of ether oxygens (including phenoxy) is 1. The molecule has 44 valence electrons. The molecule has 0 atom stereocenters. The van der Waals surface area contributed by atoms with E-state index in [1.807, 2.05) is 0 Å². The fourth-order valence-electron chi connectivity index (χ4n) is 0. The first-order valence-corrected chi connectivity index (χ1v) is 1.78. The first kappa shape index (κ1) is 9.77. The van der Waals surface area contributed by atoms with Gasteiger partial charge in [0.25, 0.3) is 0 Å². The summed E-state index contributed by atoms with van der Waals surface area (Å²) >= 11 is 0. The van der Waals surface area contributed by atoms with E-state index in [0.29, 0.717) is 6.29 Å². The molecule has 0 fully saturated rings. The summed E-state index contributed by atoms with van der Waals surface area (Å²) in [7, 11) is 3.25. The van der Waals surface area contributed by atoms with Gasteiger partial charge in [0.05, 0.1) is 6.61 Å². The lowest BCUT2D eigenvalue weighted by Crippen LogP contribution is -1.75. The van der Waals surface area contributed by atoms with Gasteiger partial charge in [-0.05, 0) is 0 Å². The van der Waals surface area contributed by atoms with E-state index in [9.17, 15) is 0 Å². The lowest BCUT2D eigenvalue weighted by molar-refractivity contribution is -0.110. The van der Waals surface area contributed by atoms with Crippen LogP contribution in [0.3, 0.4) is 0 Å². The molecule has 0 aliphatic carbocycles. The van der Waals surface area contributed by atoms with Crippen LogP contribution in [0.1, 0.15) is 0 Å². The van der Waals surface area contributed by atoms with Crippen LogP contribution in [0.15, 0.2) is 0 Å². The highest BCUT2D eigenvalue weighted by atomic mass is 16.4. The van der Waals surface area contributed by atoms with Gasteiger partial charge in [0.2, 0.25) is 0 Å². The number of carbonyl (C=O) groups is 1. The maximum Gasteiger partial charge on any atom is 0.145 e. The molecule has 0 heterocycles. The monoisotopic (exact) mass is 106 g/mol. The Bertz CT molecular complexity index is 28.1. The quantitative estimate of drug-likeness (QED) is 0.456. The highest BCUT2D eigenvalue weighted by Gasteiger charge is 1.53. The lowest BCUT2D eigenvalue weighted by atomic mass is 10.9. The number of carbonyl (C=O) groups excluding carboxylic acids is 1. The molecule has 7 heavy (non-hydrogen) atoms. The standard InChI is InChI=1S/C2H4O2.C2H6O/c3-1-2-4;1-3-2/h1,4H,2H2;1-2H3. The van der Waals surface area contributed by atoms with Crippen LogP contribution in [-0.4, -0.2) is 32.2 Å². The fraction of sp³-hybridized carbons (Fsp3) is 0.750. The van der Waals surface area contributed by atoms with Crippen LogP contribution in [0.2, 0.25) is 0 Å². The largest absolute Gasteiger partial charge is 0.389 e. The van der Waals surface area contributed by atoms with Crippen molar-refractivity contribution in [1.82, 2.24) is 0 Å². The van der Waals surface area contributed by atoms with E-state index in [-0.39, 0.29) is 6.61 Å². The molecular formula is C4H10O3. The van der Waals surface area contributed by atoms with Crippen molar-refractivity contribution in [3.63, 3.8) is 0 Å². The number of hydrogen-bond acceptors (Lipinski definition) is 3. The number of aliphatic hydroxyl groups is 1. The van der Waals surface area contributed by atoms with Crippen molar-refractivity contribution in [1.29, 1.82) is 0 Å². The van der Waals surface area contributed by atoms with Crippen molar-refractivity contribution in [3.05, 3.63) is 0 Å². The van der Waals surface area contributed by atoms with E-state index in [4.69, 9.17) is 9.90 Å². The summed E-state index contributed by atoms with van der Waals surface area (Å²) in [5.74, 6) is 0. The predicted octanol–water partition coefficient (Wildman–Crippen LogP) is -0.560. The molecule has 0 saturated heterocycles. The van der Waals surface area contributed by atoms with E-state index in [1.165, 1.54) is 0 Å². The molecule has 0 aliphatic heterocycles. The maximum absolute atomic E-state index is 8.92. The molecule has 0 unspecified atom stereocenters. The number of hydrogen-bond donors (Lipinski definition) is 1. The summed E-state index contributed by atoms with van der Waals surface area (Å²) in [4.78, 5) is 8.92. The minimum Gasteiger partial charge on any atom is -0.389 e. The molecule has 0 rings (SSSR count). The summed E-state index contributed by atoms with van der Waals surface area (Å²) in [5.41, 5.74) is 0. The minimum absolute atomic E-state index is 0.361. The molecule has 0 spiro atoms. The third-order valence-electron chi connectivity index (χ3n) is 0.0745. The van der Waals surface area contributed by atoms with Crippen LogP contribution >= 0.6 is 0 Å². The van der Waals surface area contributed by atoms with E-state index in [0.717, 1.165) is 0 Å². The smallest absolute Gasteiger partial charge is 0.145 e. The number of aldehydes is 1. The zero-order valence-corrected chi connectivity index (χ0v) is 4.55. The number of rotatable bonds is 1. The van der Waals surface area contributed by atoms with Crippen molar-refractivity contribution < 1.29 is 14.6 Å². The second kappa shape index (κ2) is 17.6. The molecule has 0 bridgehead atoms. The Kier molecular flexibility index (Phi) is 24.5. The zero-order chi connectivity index (χ0) is 6.12. The van der Waals surface area contributed by atoms with Gasteiger partial charge in [-0.15, -0.1) is 0 Å². The van der Waals surface area contributed by atoms with Gasteiger partial charge in [-0.3, -0.25) is 0 Å². The van der Waals surface area contributed by atoms with Crippen molar-refractivity contribution >= 4 is 6.29 Å².